The summed E-state index contributed by atoms with van der Waals surface area (Å²) in [6.07, 6.45) is 7.18. The van der Waals surface area contributed by atoms with Crippen molar-refractivity contribution in [1.29, 1.82) is 0 Å². The number of imidazole rings is 1. The second kappa shape index (κ2) is 8.93. The van der Waals surface area contributed by atoms with Crippen LogP contribution in [-0.4, -0.2) is 49.9 Å². The maximum atomic E-state index is 12.8. The maximum absolute atomic E-state index is 12.8. The van der Waals surface area contributed by atoms with E-state index in [1.54, 1.807) is 13.1 Å². The molecule has 2 atom stereocenters. The SMILES string of the molecule is Cc1cccc(-n2ccnc2SCC(=O)N2CCCC[C@@H]2C[C@@H](C)O)c1C. The topological polar surface area (TPSA) is 58.4 Å². The predicted octanol–water partition coefficient (Wildman–Crippen LogP) is 3.73. The van der Waals surface area contributed by atoms with Gasteiger partial charge in [-0.15, -0.1) is 0 Å². The van der Waals surface area contributed by atoms with Gasteiger partial charge in [0, 0.05) is 25.0 Å². The number of aryl methyl sites for hydroxylation is 1. The Bertz CT molecular complexity index is 787. The molecule has 0 bridgehead atoms. The molecule has 6 heteroatoms. The van der Waals surface area contributed by atoms with E-state index in [4.69, 9.17) is 0 Å². The van der Waals surface area contributed by atoms with Gasteiger partial charge in [0.1, 0.15) is 0 Å². The Labute approximate surface area is 165 Å². The zero-order chi connectivity index (χ0) is 19.4. The van der Waals surface area contributed by atoms with Gasteiger partial charge in [0.2, 0.25) is 5.91 Å². The van der Waals surface area contributed by atoms with Crippen molar-refractivity contribution in [3.8, 4) is 5.69 Å². The standard InChI is InChI=1S/C21H29N3O2S/c1-15-7-6-9-19(17(15)3)24-12-10-22-21(24)27-14-20(26)23-11-5-4-8-18(23)13-16(2)25/h6-7,9-10,12,16,18,25H,4-5,8,11,13-14H2,1-3H3/t16-,18-/m1/s1. The lowest BCUT2D eigenvalue weighted by Crippen LogP contribution is -2.45. The molecular formula is C21H29N3O2S. The Morgan fingerprint density at radius 1 is 1.37 bits per heavy atom. The average Bonchev–Trinajstić information content (AvgIpc) is 3.10. The number of aliphatic hydroxyl groups is 1. The smallest absolute Gasteiger partial charge is 0.233 e. The zero-order valence-corrected chi connectivity index (χ0v) is 17.2. The molecule has 1 N–H and O–H groups in total. The van der Waals surface area contributed by atoms with E-state index < -0.39 is 0 Å². The molecule has 0 unspecified atom stereocenters. The van der Waals surface area contributed by atoms with Crippen LogP contribution in [0.15, 0.2) is 35.7 Å². The summed E-state index contributed by atoms with van der Waals surface area (Å²) in [5.74, 6) is 0.513. The van der Waals surface area contributed by atoms with Crippen molar-refractivity contribution in [3.05, 3.63) is 41.7 Å². The molecule has 5 nitrogen and oxygen atoms in total. The number of rotatable bonds is 6. The molecule has 0 saturated carbocycles. The van der Waals surface area contributed by atoms with E-state index in [1.165, 1.54) is 22.9 Å². The molecule has 1 aliphatic rings. The summed E-state index contributed by atoms with van der Waals surface area (Å²) in [4.78, 5) is 19.3. The van der Waals surface area contributed by atoms with Crippen LogP contribution in [0.25, 0.3) is 5.69 Å². The van der Waals surface area contributed by atoms with Gasteiger partial charge in [-0.05, 0) is 63.6 Å². The van der Waals surface area contributed by atoms with E-state index in [1.807, 2.05) is 17.2 Å². The van der Waals surface area contributed by atoms with Crippen LogP contribution >= 0.6 is 11.8 Å². The normalized spacial score (nSPS) is 18.5. The van der Waals surface area contributed by atoms with Crippen molar-refractivity contribution in [2.24, 2.45) is 0 Å². The minimum absolute atomic E-state index is 0.140. The van der Waals surface area contributed by atoms with Crippen molar-refractivity contribution in [1.82, 2.24) is 14.5 Å². The Kier molecular flexibility index (Phi) is 6.60. The van der Waals surface area contributed by atoms with Crippen molar-refractivity contribution < 1.29 is 9.90 Å². The quantitative estimate of drug-likeness (QED) is 0.767. The van der Waals surface area contributed by atoms with Gasteiger partial charge >= 0.3 is 0 Å². The Morgan fingerprint density at radius 3 is 2.96 bits per heavy atom. The summed E-state index contributed by atoms with van der Waals surface area (Å²) < 4.78 is 2.06. The first-order valence-corrected chi connectivity index (χ1v) is 10.7. The predicted molar refractivity (Wildman–Crippen MR) is 109 cm³/mol. The lowest BCUT2D eigenvalue weighted by Gasteiger charge is -2.36. The number of thioether (sulfide) groups is 1. The van der Waals surface area contributed by atoms with Gasteiger partial charge in [-0.2, -0.15) is 0 Å². The summed E-state index contributed by atoms with van der Waals surface area (Å²) in [6, 6.07) is 6.39. The molecule has 1 aromatic carbocycles. The van der Waals surface area contributed by atoms with Crippen LogP contribution in [0.2, 0.25) is 0 Å². The third kappa shape index (κ3) is 4.74. The summed E-state index contributed by atoms with van der Waals surface area (Å²) >= 11 is 1.48. The van der Waals surface area contributed by atoms with Crippen LogP contribution in [0.3, 0.4) is 0 Å². The third-order valence-electron chi connectivity index (χ3n) is 5.33. The highest BCUT2D eigenvalue weighted by Gasteiger charge is 2.27. The molecule has 1 saturated heterocycles. The highest BCUT2D eigenvalue weighted by molar-refractivity contribution is 7.99. The zero-order valence-electron chi connectivity index (χ0n) is 16.4. The minimum atomic E-state index is -0.376. The molecule has 1 aromatic heterocycles. The fourth-order valence-electron chi connectivity index (χ4n) is 3.75. The van der Waals surface area contributed by atoms with Crippen molar-refractivity contribution in [3.63, 3.8) is 0 Å². The van der Waals surface area contributed by atoms with Crippen LogP contribution in [0.1, 0.15) is 43.7 Å². The number of carbonyl (C=O) groups is 1. The minimum Gasteiger partial charge on any atom is -0.393 e. The highest BCUT2D eigenvalue weighted by Crippen LogP contribution is 2.26. The summed E-state index contributed by atoms with van der Waals surface area (Å²) in [5.41, 5.74) is 3.56. The van der Waals surface area contributed by atoms with Crippen LogP contribution < -0.4 is 0 Å². The first-order valence-electron chi connectivity index (χ1n) is 9.67. The fraction of sp³-hybridized carbons (Fsp3) is 0.524. The second-order valence-corrected chi connectivity index (χ2v) is 8.35. The van der Waals surface area contributed by atoms with E-state index in [-0.39, 0.29) is 18.1 Å². The number of carbonyl (C=O) groups excluding carboxylic acids is 1. The Hall–Kier alpha value is -1.79. The van der Waals surface area contributed by atoms with E-state index in [2.05, 4.69) is 35.5 Å². The van der Waals surface area contributed by atoms with Gasteiger partial charge in [0.25, 0.3) is 0 Å². The molecule has 1 aliphatic heterocycles. The molecule has 0 spiro atoms. The van der Waals surface area contributed by atoms with Crippen molar-refractivity contribution in [2.75, 3.05) is 12.3 Å². The number of nitrogens with zero attached hydrogens (tertiary/aromatic N) is 3. The maximum Gasteiger partial charge on any atom is 0.233 e. The fourth-order valence-corrected chi connectivity index (χ4v) is 4.61. The van der Waals surface area contributed by atoms with Crippen molar-refractivity contribution >= 4 is 17.7 Å². The number of amides is 1. The first kappa shape index (κ1) is 20.0. The van der Waals surface area contributed by atoms with Crippen LogP contribution in [0.4, 0.5) is 0 Å². The number of hydrogen-bond donors (Lipinski definition) is 1. The van der Waals surface area contributed by atoms with Gasteiger partial charge in [-0.3, -0.25) is 9.36 Å². The first-order chi connectivity index (χ1) is 13.0. The lowest BCUT2D eigenvalue weighted by atomic mass is 9.97. The molecule has 1 fully saturated rings. The largest absolute Gasteiger partial charge is 0.393 e. The third-order valence-corrected chi connectivity index (χ3v) is 6.28. The van der Waals surface area contributed by atoms with E-state index in [0.29, 0.717) is 12.2 Å². The average molecular weight is 388 g/mol. The van der Waals surface area contributed by atoms with Gasteiger partial charge < -0.3 is 10.0 Å². The van der Waals surface area contributed by atoms with E-state index in [9.17, 15) is 9.90 Å². The molecule has 146 valence electrons. The van der Waals surface area contributed by atoms with Crippen LogP contribution in [0.5, 0.6) is 0 Å². The number of aromatic nitrogens is 2. The summed E-state index contributed by atoms with van der Waals surface area (Å²) in [7, 11) is 0. The number of benzene rings is 1. The summed E-state index contributed by atoms with van der Waals surface area (Å²) in [5, 5.41) is 10.6. The number of hydrogen-bond acceptors (Lipinski definition) is 4. The number of likely N-dealkylation sites (tertiary alicyclic amines) is 1. The second-order valence-electron chi connectivity index (χ2n) is 7.41. The highest BCUT2D eigenvalue weighted by atomic mass is 32.2. The van der Waals surface area contributed by atoms with Gasteiger partial charge in [-0.1, -0.05) is 23.9 Å². The van der Waals surface area contributed by atoms with Crippen molar-refractivity contribution in [2.45, 2.75) is 63.8 Å². The molecule has 2 aromatic rings. The molecule has 27 heavy (non-hydrogen) atoms. The number of piperidine rings is 1. The molecule has 1 amide bonds. The number of aliphatic hydroxyl groups excluding tert-OH is 1. The van der Waals surface area contributed by atoms with E-state index >= 15 is 0 Å². The molecule has 2 heterocycles. The van der Waals surface area contributed by atoms with Gasteiger partial charge in [0.05, 0.1) is 17.5 Å². The molecule has 3 rings (SSSR count). The molecule has 0 aliphatic carbocycles. The lowest BCUT2D eigenvalue weighted by molar-refractivity contribution is -0.132. The van der Waals surface area contributed by atoms with Gasteiger partial charge in [0.15, 0.2) is 5.16 Å². The summed E-state index contributed by atoms with van der Waals surface area (Å²) in [6.45, 7) is 6.80. The molecular weight excluding hydrogens is 358 g/mol. The molecule has 0 radical (unpaired) electrons. The van der Waals surface area contributed by atoms with Gasteiger partial charge in [-0.25, -0.2) is 4.98 Å². The van der Waals surface area contributed by atoms with E-state index in [0.717, 1.165) is 36.7 Å². The Morgan fingerprint density at radius 2 is 2.19 bits per heavy atom. The van der Waals surface area contributed by atoms with Crippen LogP contribution in [-0.2, 0) is 4.79 Å². The Balaban J connectivity index is 1.69. The van der Waals surface area contributed by atoms with Crippen LogP contribution in [0, 0.1) is 13.8 Å². The monoisotopic (exact) mass is 387 g/mol.